The molecule has 0 amide bonds. The number of aryl methyl sites for hydroxylation is 4. The zero-order valence-corrected chi connectivity index (χ0v) is 23.3. The third-order valence-corrected chi connectivity index (χ3v) is 7.18. The SMILES string of the molecule is Cc1ccc(NC(=S)NC[C@]2(C)C[C@@H](NC(=S)Nc3ccc(C)cc3C)CC(C)(C)C2)c(C)c1. The average Bonchev–Trinajstić information content (AvgIpc) is 2.69. The van der Waals surface area contributed by atoms with Crippen molar-refractivity contribution in [2.75, 3.05) is 17.2 Å². The largest absolute Gasteiger partial charge is 0.362 e. The van der Waals surface area contributed by atoms with Crippen LogP contribution in [0.5, 0.6) is 0 Å². The molecule has 1 fully saturated rings. The number of hydrogen-bond donors (Lipinski definition) is 4. The van der Waals surface area contributed by atoms with Crippen LogP contribution >= 0.6 is 24.4 Å². The van der Waals surface area contributed by atoms with Gasteiger partial charge in [-0.1, -0.05) is 56.2 Å². The van der Waals surface area contributed by atoms with Gasteiger partial charge in [0.05, 0.1) is 0 Å². The van der Waals surface area contributed by atoms with Crippen LogP contribution in [-0.4, -0.2) is 22.8 Å². The number of nitrogens with one attached hydrogen (secondary N) is 4. The second-order valence-corrected chi connectivity index (χ2v) is 12.1. The van der Waals surface area contributed by atoms with E-state index in [0.29, 0.717) is 16.3 Å². The third kappa shape index (κ3) is 7.41. The number of benzene rings is 2. The Hall–Kier alpha value is -2.18. The van der Waals surface area contributed by atoms with E-state index >= 15 is 0 Å². The molecule has 184 valence electrons. The van der Waals surface area contributed by atoms with Crippen LogP contribution in [0.2, 0.25) is 0 Å². The standard InChI is InChI=1S/C28H40N4S2/c1-18-8-10-23(20(3)12-18)31-25(33)29-17-28(7)15-22(14-27(5,6)16-28)30-26(34)32-24-11-9-19(2)13-21(24)4/h8-13,22H,14-17H2,1-7H3,(H2,29,31,33)(H2,30,32,34)/t22-,28+/m0/s1. The maximum Gasteiger partial charge on any atom is 0.171 e. The summed E-state index contributed by atoms with van der Waals surface area (Å²) in [6, 6.07) is 13.1. The van der Waals surface area contributed by atoms with Gasteiger partial charge in [0.15, 0.2) is 10.2 Å². The summed E-state index contributed by atoms with van der Waals surface area (Å²) in [7, 11) is 0. The van der Waals surface area contributed by atoms with Gasteiger partial charge < -0.3 is 21.3 Å². The van der Waals surface area contributed by atoms with E-state index in [0.717, 1.165) is 37.2 Å². The van der Waals surface area contributed by atoms with E-state index in [2.05, 4.69) is 106 Å². The predicted molar refractivity (Wildman–Crippen MR) is 155 cm³/mol. The van der Waals surface area contributed by atoms with Crippen molar-refractivity contribution in [1.82, 2.24) is 10.6 Å². The van der Waals surface area contributed by atoms with Crippen LogP contribution < -0.4 is 21.3 Å². The Bertz CT molecular complexity index is 1060. The van der Waals surface area contributed by atoms with Gasteiger partial charge >= 0.3 is 0 Å². The van der Waals surface area contributed by atoms with Gasteiger partial charge in [0.2, 0.25) is 0 Å². The van der Waals surface area contributed by atoms with Crippen LogP contribution in [0, 0.1) is 38.5 Å². The summed E-state index contributed by atoms with van der Waals surface area (Å²) in [6.07, 6.45) is 3.25. The van der Waals surface area contributed by atoms with E-state index in [-0.39, 0.29) is 10.8 Å². The highest BCUT2D eigenvalue weighted by molar-refractivity contribution is 7.80. The second-order valence-electron chi connectivity index (χ2n) is 11.3. The van der Waals surface area contributed by atoms with Crippen molar-refractivity contribution >= 4 is 46.0 Å². The first kappa shape index (κ1) is 26.4. The van der Waals surface area contributed by atoms with Gasteiger partial charge in [-0.2, -0.15) is 0 Å². The molecule has 34 heavy (non-hydrogen) atoms. The van der Waals surface area contributed by atoms with Gasteiger partial charge in [-0.05, 0) is 105 Å². The zero-order chi connectivity index (χ0) is 25.1. The van der Waals surface area contributed by atoms with E-state index < -0.39 is 0 Å². The van der Waals surface area contributed by atoms with Gasteiger partial charge in [0.1, 0.15) is 0 Å². The molecule has 0 radical (unpaired) electrons. The molecule has 0 heterocycles. The first-order valence-corrected chi connectivity index (χ1v) is 12.9. The number of hydrogen-bond acceptors (Lipinski definition) is 2. The smallest absolute Gasteiger partial charge is 0.171 e. The van der Waals surface area contributed by atoms with Crippen LogP contribution in [0.1, 0.15) is 62.3 Å². The molecule has 1 aliphatic carbocycles. The Morgan fingerprint density at radius 1 is 0.824 bits per heavy atom. The van der Waals surface area contributed by atoms with Crippen molar-refractivity contribution in [3.63, 3.8) is 0 Å². The molecule has 0 aliphatic heterocycles. The van der Waals surface area contributed by atoms with Gasteiger partial charge in [0.25, 0.3) is 0 Å². The molecule has 2 atom stereocenters. The monoisotopic (exact) mass is 496 g/mol. The summed E-state index contributed by atoms with van der Waals surface area (Å²) < 4.78 is 0. The van der Waals surface area contributed by atoms with Crippen LogP contribution in [-0.2, 0) is 0 Å². The quantitative estimate of drug-likeness (QED) is 0.342. The molecule has 2 aromatic rings. The molecule has 0 saturated heterocycles. The van der Waals surface area contributed by atoms with Crippen molar-refractivity contribution in [2.24, 2.45) is 10.8 Å². The lowest BCUT2D eigenvalue weighted by Gasteiger charge is -2.47. The fraction of sp³-hybridized carbons (Fsp3) is 0.500. The topological polar surface area (TPSA) is 48.1 Å². The zero-order valence-electron chi connectivity index (χ0n) is 21.7. The molecule has 1 aliphatic rings. The fourth-order valence-electron chi connectivity index (χ4n) is 5.58. The average molecular weight is 497 g/mol. The Balaban J connectivity index is 1.59. The maximum absolute atomic E-state index is 5.69. The molecule has 2 aromatic carbocycles. The lowest BCUT2D eigenvalue weighted by Crippen LogP contribution is -2.51. The first-order chi connectivity index (χ1) is 15.8. The van der Waals surface area contributed by atoms with Crippen molar-refractivity contribution in [2.45, 2.75) is 73.8 Å². The summed E-state index contributed by atoms with van der Waals surface area (Å²) in [5, 5.41) is 15.2. The van der Waals surface area contributed by atoms with Gasteiger partial charge in [0, 0.05) is 24.0 Å². The van der Waals surface area contributed by atoms with E-state index in [9.17, 15) is 0 Å². The van der Waals surface area contributed by atoms with Gasteiger partial charge in [-0.15, -0.1) is 0 Å². The molecule has 1 saturated carbocycles. The van der Waals surface area contributed by atoms with Gasteiger partial charge in [-0.25, -0.2) is 0 Å². The Kier molecular flexibility index (Phi) is 8.25. The van der Waals surface area contributed by atoms with Crippen LogP contribution in [0.25, 0.3) is 0 Å². The molecule has 0 aromatic heterocycles. The molecule has 0 spiro atoms. The minimum Gasteiger partial charge on any atom is -0.362 e. The molecular weight excluding hydrogens is 456 g/mol. The van der Waals surface area contributed by atoms with Crippen LogP contribution in [0.4, 0.5) is 11.4 Å². The van der Waals surface area contributed by atoms with Crippen molar-refractivity contribution in [3.05, 3.63) is 58.7 Å². The van der Waals surface area contributed by atoms with Gasteiger partial charge in [-0.3, -0.25) is 0 Å². The summed E-state index contributed by atoms with van der Waals surface area (Å²) >= 11 is 11.3. The van der Waals surface area contributed by atoms with E-state index in [1.165, 1.54) is 22.3 Å². The van der Waals surface area contributed by atoms with Crippen molar-refractivity contribution in [3.8, 4) is 0 Å². The van der Waals surface area contributed by atoms with Crippen LogP contribution in [0.3, 0.4) is 0 Å². The summed E-state index contributed by atoms with van der Waals surface area (Å²) in [5.74, 6) is 0. The molecule has 4 nitrogen and oxygen atoms in total. The molecule has 0 bridgehead atoms. The fourth-order valence-corrected chi connectivity index (χ4v) is 6.04. The second kappa shape index (κ2) is 10.6. The third-order valence-electron chi connectivity index (χ3n) is 6.71. The Labute approximate surface area is 216 Å². The summed E-state index contributed by atoms with van der Waals surface area (Å²) in [5.41, 5.74) is 7.33. The number of anilines is 2. The first-order valence-electron chi connectivity index (χ1n) is 12.1. The summed E-state index contributed by atoms with van der Waals surface area (Å²) in [6.45, 7) is 16.3. The number of thiocarbonyl (C=S) groups is 2. The summed E-state index contributed by atoms with van der Waals surface area (Å²) in [4.78, 5) is 0. The molecular formula is C28H40N4S2. The van der Waals surface area contributed by atoms with E-state index in [1.807, 2.05) is 0 Å². The Morgan fingerprint density at radius 2 is 1.35 bits per heavy atom. The molecule has 0 unspecified atom stereocenters. The molecule has 4 N–H and O–H groups in total. The Morgan fingerprint density at radius 3 is 1.88 bits per heavy atom. The lowest BCUT2D eigenvalue weighted by atomic mass is 9.62. The maximum atomic E-state index is 5.69. The minimum atomic E-state index is 0.100. The minimum absolute atomic E-state index is 0.100. The van der Waals surface area contributed by atoms with Crippen LogP contribution in [0.15, 0.2) is 36.4 Å². The highest BCUT2D eigenvalue weighted by Gasteiger charge is 2.41. The lowest BCUT2D eigenvalue weighted by molar-refractivity contribution is 0.0807. The highest BCUT2D eigenvalue weighted by Crippen LogP contribution is 2.45. The molecule has 3 rings (SSSR count). The highest BCUT2D eigenvalue weighted by atomic mass is 32.1. The van der Waals surface area contributed by atoms with Crippen molar-refractivity contribution < 1.29 is 0 Å². The predicted octanol–water partition coefficient (Wildman–Crippen LogP) is 6.78. The number of rotatable bonds is 5. The normalized spacial score (nSPS) is 21.4. The molecule has 6 heteroatoms. The van der Waals surface area contributed by atoms with E-state index in [4.69, 9.17) is 24.4 Å². The van der Waals surface area contributed by atoms with E-state index in [1.54, 1.807) is 0 Å². The van der Waals surface area contributed by atoms with Crippen molar-refractivity contribution in [1.29, 1.82) is 0 Å².